The van der Waals surface area contributed by atoms with Crippen molar-refractivity contribution in [2.45, 2.75) is 10.7 Å². The summed E-state index contributed by atoms with van der Waals surface area (Å²) in [6.45, 7) is 0. The molecule has 0 saturated heterocycles. The van der Waals surface area contributed by atoms with Gasteiger partial charge in [-0.2, -0.15) is 0 Å². The summed E-state index contributed by atoms with van der Waals surface area (Å²) < 4.78 is 5.82. The fraction of sp³-hybridized carbons (Fsp3) is 0.143. The summed E-state index contributed by atoms with van der Waals surface area (Å²) in [7, 11) is 0. The first-order valence-corrected chi connectivity index (χ1v) is 7.62. The van der Waals surface area contributed by atoms with Gasteiger partial charge in [0, 0.05) is 21.4 Å². The van der Waals surface area contributed by atoms with E-state index < -0.39 is 0 Å². The lowest BCUT2D eigenvalue weighted by Gasteiger charge is -1.96. The number of fused-ring (bicyclic) bond motifs is 3. The van der Waals surface area contributed by atoms with Crippen LogP contribution in [0.15, 0.2) is 40.8 Å². The Morgan fingerprint density at radius 3 is 1.65 bits per heavy atom. The van der Waals surface area contributed by atoms with Crippen molar-refractivity contribution in [3.05, 3.63) is 47.5 Å². The summed E-state index contributed by atoms with van der Waals surface area (Å²) in [6, 6.07) is 12.6. The zero-order valence-electron chi connectivity index (χ0n) is 9.04. The molecule has 0 saturated carbocycles. The van der Waals surface area contributed by atoms with Gasteiger partial charge in [0.1, 0.15) is 11.2 Å². The third-order valence-corrected chi connectivity index (χ3v) is 4.20. The van der Waals surface area contributed by atoms with Crippen molar-refractivity contribution >= 4 is 53.8 Å². The monoisotopic (exact) mass is 352 g/mol. The second-order valence-electron chi connectivity index (χ2n) is 4.03. The molecule has 1 heterocycles. The van der Waals surface area contributed by atoms with Crippen LogP contribution in [0.4, 0.5) is 0 Å². The molecule has 3 aromatic rings. The van der Waals surface area contributed by atoms with Crippen molar-refractivity contribution in [2.75, 3.05) is 0 Å². The molecule has 0 spiro atoms. The number of halogens is 2. The number of hydrogen-bond acceptors (Lipinski definition) is 1. The highest BCUT2D eigenvalue weighted by Gasteiger charge is 2.07. The van der Waals surface area contributed by atoms with Gasteiger partial charge in [-0.3, -0.25) is 0 Å². The van der Waals surface area contributed by atoms with E-state index in [1.54, 1.807) is 0 Å². The smallest absolute Gasteiger partial charge is 0.135 e. The summed E-state index contributed by atoms with van der Waals surface area (Å²) in [5, 5.41) is 4.13. The Hall–Kier alpha value is -0.800. The van der Waals surface area contributed by atoms with E-state index in [9.17, 15) is 0 Å². The number of hydrogen-bond donors (Lipinski definition) is 0. The van der Waals surface area contributed by atoms with Crippen LogP contribution in [0.2, 0.25) is 0 Å². The van der Waals surface area contributed by atoms with Gasteiger partial charge in [0.25, 0.3) is 0 Å². The first-order valence-electron chi connectivity index (χ1n) is 5.38. The molecule has 0 N–H and O–H groups in total. The minimum absolute atomic E-state index is 0.869. The molecule has 0 fully saturated rings. The van der Waals surface area contributed by atoms with Gasteiger partial charge in [-0.1, -0.05) is 44.0 Å². The van der Waals surface area contributed by atoms with Crippen molar-refractivity contribution in [1.29, 1.82) is 0 Å². The minimum Gasteiger partial charge on any atom is -0.456 e. The first kappa shape index (κ1) is 11.3. The van der Waals surface area contributed by atoms with Crippen molar-refractivity contribution in [1.82, 2.24) is 0 Å². The van der Waals surface area contributed by atoms with E-state index >= 15 is 0 Å². The molecular weight excluding hydrogens is 344 g/mol. The fourth-order valence-corrected chi connectivity index (χ4v) is 2.74. The lowest BCUT2D eigenvalue weighted by atomic mass is 10.1. The van der Waals surface area contributed by atoms with Gasteiger partial charge < -0.3 is 4.42 Å². The van der Waals surface area contributed by atoms with Crippen LogP contribution in [0.25, 0.3) is 21.9 Å². The Kier molecular flexibility index (Phi) is 2.97. The van der Waals surface area contributed by atoms with Crippen molar-refractivity contribution < 1.29 is 4.42 Å². The number of furan rings is 1. The largest absolute Gasteiger partial charge is 0.456 e. The second kappa shape index (κ2) is 4.46. The van der Waals surface area contributed by atoms with E-state index in [1.165, 1.54) is 21.9 Å². The molecule has 0 amide bonds. The third kappa shape index (κ3) is 1.91. The second-order valence-corrected chi connectivity index (χ2v) is 5.15. The molecule has 1 aromatic heterocycles. The molecule has 1 nitrogen and oxygen atoms in total. The molecule has 0 bridgehead atoms. The maximum Gasteiger partial charge on any atom is 0.135 e. The molecule has 3 rings (SSSR count). The highest BCUT2D eigenvalue weighted by molar-refractivity contribution is 9.08. The maximum absolute atomic E-state index is 5.82. The van der Waals surface area contributed by atoms with Gasteiger partial charge in [0.15, 0.2) is 0 Å². The zero-order chi connectivity index (χ0) is 11.8. The third-order valence-electron chi connectivity index (χ3n) is 2.91. The standard InChI is InChI=1S/C14H10Br2O/c15-7-9-1-3-13-11(5-9)12-6-10(8-16)2-4-14(12)17-13/h1-6H,7-8H2. The van der Waals surface area contributed by atoms with Crippen LogP contribution in [-0.4, -0.2) is 0 Å². The van der Waals surface area contributed by atoms with Crippen LogP contribution in [0.1, 0.15) is 11.1 Å². The molecule has 0 aliphatic rings. The summed E-state index contributed by atoms with van der Waals surface area (Å²) in [6.07, 6.45) is 0. The quantitative estimate of drug-likeness (QED) is 0.564. The zero-order valence-corrected chi connectivity index (χ0v) is 12.2. The van der Waals surface area contributed by atoms with Crippen LogP contribution in [0.3, 0.4) is 0 Å². The topological polar surface area (TPSA) is 13.1 Å². The summed E-state index contributed by atoms with van der Waals surface area (Å²) in [5.41, 5.74) is 4.45. The fourth-order valence-electron chi connectivity index (χ4n) is 2.04. The Morgan fingerprint density at radius 1 is 0.765 bits per heavy atom. The Bertz CT molecular complexity index is 627. The van der Waals surface area contributed by atoms with Crippen LogP contribution >= 0.6 is 31.9 Å². The summed E-state index contributed by atoms with van der Waals surface area (Å²) in [4.78, 5) is 0. The predicted molar refractivity (Wildman–Crippen MR) is 79.0 cm³/mol. The molecule has 0 aliphatic heterocycles. The lowest BCUT2D eigenvalue weighted by Crippen LogP contribution is -1.77. The van der Waals surface area contributed by atoms with E-state index in [4.69, 9.17) is 4.42 Å². The number of benzene rings is 2. The summed E-state index contributed by atoms with van der Waals surface area (Å²) >= 11 is 6.97. The molecule has 0 atom stereocenters. The minimum atomic E-state index is 0.869. The SMILES string of the molecule is BrCc1ccc2oc3ccc(CBr)cc3c2c1. The van der Waals surface area contributed by atoms with Crippen molar-refractivity contribution in [2.24, 2.45) is 0 Å². The van der Waals surface area contributed by atoms with Gasteiger partial charge in [-0.05, 0) is 35.4 Å². The van der Waals surface area contributed by atoms with E-state index in [2.05, 4.69) is 56.1 Å². The Morgan fingerprint density at radius 2 is 1.24 bits per heavy atom. The van der Waals surface area contributed by atoms with Crippen molar-refractivity contribution in [3.8, 4) is 0 Å². The van der Waals surface area contributed by atoms with Crippen LogP contribution in [-0.2, 0) is 10.7 Å². The maximum atomic E-state index is 5.82. The van der Waals surface area contributed by atoms with Gasteiger partial charge in [0.05, 0.1) is 0 Å². The molecule has 17 heavy (non-hydrogen) atoms. The van der Waals surface area contributed by atoms with Gasteiger partial charge in [-0.15, -0.1) is 0 Å². The van der Waals surface area contributed by atoms with Gasteiger partial charge >= 0.3 is 0 Å². The molecule has 0 unspecified atom stereocenters. The van der Waals surface area contributed by atoms with E-state index in [-0.39, 0.29) is 0 Å². The van der Waals surface area contributed by atoms with Crippen LogP contribution in [0, 0.1) is 0 Å². The van der Waals surface area contributed by atoms with Crippen LogP contribution < -0.4 is 0 Å². The highest BCUT2D eigenvalue weighted by atomic mass is 79.9. The molecule has 2 aromatic carbocycles. The van der Waals surface area contributed by atoms with E-state index in [1.807, 2.05) is 12.1 Å². The predicted octanol–water partition coefficient (Wildman–Crippen LogP) is 5.38. The highest BCUT2D eigenvalue weighted by Crippen LogP contribution is 2.31. The average molecular weight is 354 g/mol. The molecule has 0 aliphatic carbocycles. The van der Waals surface area contributed by atoms with E-state index in [0.29, 0.717) is 0 Å². The average Bonchev–Trinajstić information content (AvgIpc) is 2.75. The van der Waals surface area contributed by atoms with Crippen molar-refractivity contribution in [3.63, 3.8) is 0 Å². The molecular formula is C14H10Br2O. The Balaban J connectivity index is 2.37. The number of alkyl halides is 2. The van der Waals surface area contributed by atoms with Crippen LogP contribution in [0.5, 0.6) is 0 Å². The normalized spacial score (nSPS) is 11.4. The first-order chi connectivity index (χ1) is 8.31. The van der Waals surface area contributed by atoms with Gasteiger partial charge in [-0.25, -0.2) is 0 Å². The van der Waals surface area contributed by atoms with Gasteiger partial charge in [0.2, 0.25) is 0 Å². The van der Waals surface area contributed by atoms with E-state index in [0.717, 1.165) is 21.8 Å². The number of rotatable bonds is 2. The summed E-state index contributed by atoms with van der Waals surface area (Å²) in [5.74, 6) is 0. The molecule has 3 heteroatoms. The molecule has 86 valence electrons. The molecule has 0 radical (unpaired) electrons. The Labute approximate surface area is 116 Å². The lowest BCUT2D eigenvalue weighted by molar-refractivity contribution is 0.668.